The first kappa shape index (κ1) is 14.3. The van der Waals surface area contributed by atoms with Crippen LogP contribution in [-0.2, 0) is 0 Å². The molecule has 0 aliphatic heterocycles. The first-order valence-corrected chi connectivity index (χ1v) is 6.48. The third-order valence-corrected chi connectivity index (χ3v) is 3.36. The van der Waals surface area contributed by atoms with Crippen molar-refractivity contribution in [3.63, 3.8) is 0 Å². The predicted molar refractivity (Wildman–Crippen MR) is 81.8 cm³/mol. The van der Waals surface area contributed by atoms with E-state index in [1.807, 2.05) is 20.8 Å². The summed E-state index contributed by atoms with van der Waals surface area (Å²) in [6.45, 7) is 5.58. The average molecular weight is 290 g/mol. The quantitative estimate of drug-likeness (QED) is 0.851. The lowest BCUT2D eigenvalue weighted by molar-refractivity contribution is 0.628. The van der Waals surface area contributed by atoms with Crippen molar-refractivity contribution in [1.29, 1.82) is 0 Å². The van der Waals surface area contributed by atoms with Crippen LogP contribution in [0.2, 0.25) is 0 Å². The van der Waals surface area contributed by atoms with Crippen LogP contribution in [0.15, 0.2) is 18.2 Å². The molecule has 0 saturated heterocycles. The fourth-order valence-corrected chi connectivity index (χ4v) is 2.10. The van der Waals surface area contributed by atoms with E-state index in [2.05, 4.69) is 15.5 Å². The molecule has 0 atom stereocenters. The Bertz CT molecular complexity index is 685. The molecule has 0 fully saturated rings. The molecular formula is C14H15FN4S. The number of nitrogens with zero attached hydrogens (tertiary/aromatic N) is 2. The number of nitrogens with one attached hydrogen (secondary N) is 1. The van der Waals surface area contributed by atoms with Crippen LogP contribution in [0.5, 0.6) is 0 Å². The van der Waals surface area contributed by atoms with Gasteiger partial charge >= 0.3 is 0 Å². The molecule has 2 rings (SSSR count). The number of aryl methyl sites for hydroxylation is 2. The maximum absolute atomic E-state index is 13.3. The molecule has 0 amide bonds. The van der Waals surface area contributed by atoms with Crippen molar-refractivity contribution in [3.05, 3.63) is 46.4 Å². The van der Waals surface area contributed by atoms with E-state index in [1.165, 1.54) is 12.1 Å². The maximum atomic E-state index is 13.3. The van der Waals surface area contributed by atoms with Gasteiger partial charge in [0.25, 0.3) is 0 Å². The topological polar surface area (TPSA) is 63.8 Å². The van der Waals surface area contributed by atoms with Crippen LogP contribution in [0.1, 0.15) is 22.4 Å². The highest BCUT2D eigenvalue weighted by Crippen LogP contribution is 2.25. The highest BCUT2D eigenvalue weighted by molar-refractivity contribution is 7.80. The Morgan fingerprint density at radius 2 is 1.95 bits per heavy atom. The van der Waals surface area contributed by atoms with E-state index in [1.54, 1.807) is 6.07 Å². The van der Waals surface area contributed by atoms with Crippen LogP contribution in [0.25, 0.3) is 0 Å². The van der Waals surface area contributed by atoms with Gasteiger partial charge in [0.1, 0.15) is 10.8 Å². The molecule has 1 aromatic heterocycles. The van der Waals surface area contributed by atoms with Crippen molar-refractivity contribution in [2.75, 3.05) is 5.32 Å². The highest BCUT2D eigenvalue weighted by atomic mass is 32.1. The molecule has 0 spiro atoms. The summed E-state index contributed by atoms with van der Waals surface area (Å²) in [6, 6.07) is 4.49. The Balaban J connectivity index is 2.51. The Morgan fingerprint density at radius 3 is 2.60 bits per heavy atom. The van der Waals surface area contributed by atoms with Crippen molar-refractivity contribution in [1.82, 2.24) is 10.2 Å². The second-order valence-corrected chi connectivity index (χ2v) is 5.02. The maximum Gasteiger partial charge on any atom is 0.163 e. The first-order chi connectivity index (χ1) is 9.40. The molecule has 0 unspecified atom stereocenters. The van der Waals surface area contributed by atoms with Gasteiger partial charge in [0.15, 0.2) is 5.82 Å². The van der Waals surface area contributed by atoms with Gasteiger partial charge < -0.3 is 11.1 Å². The molecule has 0 bridgehead atoms. The van der Waals surface area contributed by atoms with Crippen LogP contribution in [0, 0.1) is 26.6 Å². The Kier molecular flexibility index (Phi) is 3.94. The molecule has 0 aliphatic carbocycles. The number of aromatic nitrogens is 2. The van der Waals surface area contributed by atoms with E-state index in [0.29, 0.717) is 17.1 Å². The van der Waals surface area contributed by atoms with Gasteiger partial charge in [-0.1, -0.05) is 18.3 Å². The minimum absolute atomic E-state index is 0.233. The normalized spacial score (nSPS) is 10.4. The van der Waals surface area contributed by atoms with Crippen LogP contribution in [-0.4, -0.2) is 15.2 Å². The van der Waals surface area contributed by atoms with Crippen molar-refractivity contribution < 1.29 is 4.39 Å². The third-order valence-electron chi connectivity index (χ3n) is 3.15. The molecule has 0 saturated carbocycles. The molecule has 20 heavy (non-hydrogen) atoms. The van der Waals surface area contributed by atoms with Gasteiger partial charge in [-0.15, -0.1) is 5.10 Å². The van der Waals surface area contributed by atoms with E-state index >= 15 is 0 Å². The number of hydrogen-bond donors (Lipinski definition) is 2. The molecule has 1 heterocycles. The fourth-order valence-electron chi connectivity index (χ4n) is 1.85. The Morgan fingerprint density at radius 1 is 1.25 bits per heavy atom. The Labute approximate surface area is 122 Å². The summed E-state index contributed by atoms with van der Waals surface area (Å²) in [7, 11) is 0. The minimum atomic E-state index is -0.327. The van der Waals surface area contributed by atoms with Gasteiger partial charge in [-0.25, -0.2) is 4.39 Å². The predicted octanol–water partition coefficient (Wildman–Crippen LogP) is 2.92. The number of rotatable bonds is 3. The lowest BCUT2D eigenvalue weighted by atomic mass is 10.1. The van der Waals surface area contributed by atoms with Gasteiger partial charge in [-0.2, -0.15) is 5.10 Å². The molecular weight excluding hydrogens is 275 g/mol. The number of hydrogen-bond acceptors (Lipinski definition) is 4. The van der Waals surface area contributed by atoms with E-state index in [4.69, 9.17) is 18.0 Å². The molecule has 2 aromatic rings. The minimum Gasteiger partial charge on any atom is -0.389 e. The first-order valence-electron chi connectivity index (χ1n) is 6.07. The van der Waals surface area contributed by atoms with Gasteiger partial charge in [-0.3, -0.25) is 0 Å². The molecule has 0 aliphatic rings. The lowest BCUT2D eigenvalue weighted by Crippen LogP contribution is -2.17. The smallest absolute Gasteiger partial charge is 0.163 e. The molecule has 1 aromatic carbocycles. The van der Waals surface area contributed by atoms with Gasteiger partial charge in [-0.05, 0) is 44.0 Å². The molecule has 0 radical (unpaired) electrons. The Hall–Kier alpha value is -2.08. The summed E-state index contributed by atoms with van der Waals surface area (Å²) in [5, 5.41) is 11.2. The summed E-state index contributed by atoms with van der Waals surface area (Å²) in [6.07, 6.45) is 0. The van der Waals surface area contributed by atoms with Crippen LogP contribution in [0.3, 0.4) is 0 Å². The van der Waals surface area contributed by atoms with E-state index in [-0.39, 0.29) is 10.8 Å². The number of thiocarbonyl (C=S) groups is 1. The summed E-state index contributed by atoms with van der Waals surface area (Å²) >= 11 is 5.07. The van der Waals surface area contributed by atoms with E-state index < -0.39 is 0 Å². The average Bonchev–Trinajstić information content (AvgIpc) is 2.38. The zero-order chi connectivity index (χ0) is 14.9. The van der Waals surface area contributed by atoms with Crippen LogP contribution >= 0.6 is 12.2 Å². The summed E-state index contributed by atoms with van der Waals surface area (Å²) in [4.78, 5) is 0.233. The molecule has 3 N–H and O–H groups in total. The van der Waals surface area contributed by atoms with Crippen molar-refractivity contribution in [2.45, 2.75) is 20.8 Å². The second-order valence-electron chi connectivity index (χ2n) is 4.58. The monoisotopic (exact) mass is 290 g/mol. The van der Waals surface area contributed by atoms with E-state index in [0.717, 1.165) is 16.8 Å². The standard InChI is InChI=1S/C14H15FN4S/c1-7-4-5-10(15)6-11(7)17-14-12(13(16)20)8(2)9(3)18-19-14/h4-6H,1-3H3,(H2,16,20)(H,17,19). The third kappa shape index (κ3) is 2.75. The summed E-state index contributed by atoms with van der Waals surface area (Å²) < 4.78 is 13.3. The van der Waals surface area contributed by atoms with Crippen molar-refractivity contribution >= 4 is 28.7 Å². The SMILES string of the molecule is Cc1ccc(F)cc1Nc1nnc(C)c(C)c1C(N)=S. The number of anilines is 2. The zero-order valence-electron chi connectivity index (χ0n) is 11.5. The number of halogens is 1. The summed E-state index contributed by atoms with van der Waals surface area (Å²) in [5.74, 6) is 0.112. The number of benzene rings is 1. The zero-order valence-corrected chi connectivity index (χ0v) is 12.3. The van der Waals surface area contributed by atoms with Crippen LogP contribution in [0.4, 0.5) is 15.9 Å². The molecule has 104 valence electrons. The van der Waals surface area contributed by atoms with Crippen molar-refractivity contribution in [3.8, 4) is 0 Å². The van der Waals surface area contributed by atoms with Crippen molar-refractivity contribution in [2.24, 2.45) is 5.73 Å². The number of nitrogens with two attached hydrogens (primary N) is 1. The van der Waals surface area contributed by atoms with Gasteiger partial charge in [0.2, 0.25) is 0 Å². The van der Waals surface area contributed by atoms with Gasteiger partial charge in [0.05, 0.1) is 11.3 Å². The van der Waals surface area contributed by atoms with E-state index in [9.17, 15) is 4.39 Å². The van der Waals surface area contributed by atoms with Gasteiger partial charge in [0, 0.05) is 5.69 Å². The molecule has 4 nitrogen and oxygen atoms in total. The largest absolute Gasteiger partial charge is 0.389 e. The fraction of sp³-hybridized carbons (Fsp3) is 0.214. The molecule has 6 heteroatoms. The highest BCUT2D eigenvalue weighted by Gasteiger charge is 2.14. The van der Waals surface area contributed by atoms with Crippen LogP contribution < -0.4 is 11.1 Å². The lowest BCUT2D eigenvalue weighted by Gasteiger charge is -2.14. The second kappa shape index (κ2) is 5.50. The summed E-state index contributed by atoms with van der Waals surface area (Å²) in [5.41, 5.74) is 9.51.